The summed E-state index contributed by atoms with van der Waals surface area (Å²) in [6, 6.07) is 21.6. The Kier molecular flexibility index (Phi) is 3.98. The van der Waals surface area contributed by atoms with Gasteiger partial charge in [-0.25, -0.2) is 4.39 Å². The van der Waals surface area contributed by atoms with E-state index in [9.17, 15) is 4.39 Å². The molecule has 0 aliphatic heterocycles. The van der Waals surface area contributed by atoms with E-state index in [-0.39, 0.29) is 11.9 Å². The highest BCUT2D eigenvalue weighted by Gasteiger charge is 2.07. The Morgan fingerprint density at radius 3 is 2.57 bits per heavy atom. The highest BCUT2D eigenvalue weighted by Crippen LogP contribution is 2.20. The van der Waals surface area contributed by atoms with E-state index >= 15 is 0 Å². The van der Waals surface area contributed by atoms with Crippen LogP contribution in [0.1, 0.15) is 24.1 Å². The van der Waals surface area contributed by atoms with E-state index in [0.717, 1.165) is 12.1 Å². The van der Waals surface area contributed by atoms with Gasteiger partial charge in [0, 0.05) is 12.6 Å². The average Bonchev–Trinajstić information content (AvgIpc) is 2.52. The lowest BCUT2D eigenvalue weighted by atomic mass is 10.0. The zero-order valence-electron chi connectivity index (χ0n) is 12.0. The van der Waals surface area contributed by atoms with E-state index in [1.807, 2.05) is 6.07 Å². The molecular formula is C19H18FN. The Labute approximate surface area is 124 Å². The van der Waals surface area contributed by atoms with Crippen molar-refractivity contribution in [1.29, 1.82) is 0 Å². The van der Waals surface area contributed by atoms with Crippen LogP contribution in [0.5, 0.6) is 0 Å². The van der Waals surface area contributed by atoms with Crippen molar-refractivity contribution in [3.05, 3.63) is 83.7 Å². The summed E-state index contributed by atoms with van der Waals surface area (Å²) in [4.78, 5) is 0. The Morgan fingerprint density at radius 2 is 1.71 bits per heavy atom. The van der Waals surface area contributed by atoms with Gasteiger partial charge in [-0.1, -0.05) is 54.6 Å². The summed E-state index contributed by atoms with van der Waals surface area (Å²) >= 11 is 0. The lowest BCUT2D eigenvalue weighted by Crippen LogP contribution is -2.18. The first-order chi connectivity index (χ1) is 10.2. The maximum absolute atomic E-state index is 13.3. The maximum Gasteiger partial charge on any atom is 0.123 e. The van der Waals surface area contributed by atoms with E-state index in [4.69, 9.17) is 0 Å². The minimum atomic E-state index is -0.189. The predicted molar refractivity (Wildman–Crippen MR) is 85.6 cm³/mol. The third-order valence-corrected chi connectivity index (χ3v) is 3.83. The van der Waals surface area contributed by atoms with Crippen LogP contribution >= 0.6 is 0 Å². The zero-order valence-corrected chi connectivity index (χ0v) is 12.0. The zero-order chi connectivity index (χ0) is 14.7. The molecule has 0 saturated carbocycles. The summed E-state index contributed by atoms with van der Waals surface area (Å²) in [6.45, 7) is 2.82. The predicted octanol–water partition coefficient (Wildman–Crippen LogP) is 4.83. The minimum absolute atomic E-state index is 0.111. The van der Waals surface area contributed by atoms with Gasteiger partial charge in [0.25, 0.3) is 0 Å². The van der Waals surface area contributed by atoms with Gasteiger partial charge in [-0.05, 0) is 41.0 Å². The summed E-state index contributed by atoms with van der Waals surface area (Å²) in [5.41, 5.74) is 2.23. The molecule has 1 atom stereocenters. The number of hydrogen-bond acceptors (Lipinski definition) is 1. The van der Waals surface area contributed by atoms with E-state index in [1.165, 1.54) is 22.4 Å². The number of benzene rings is 3. The molecular weight excluding hydrogens is 261 g/mol. The van der Waals surface area contributed by atoms with E-state index in [0.29, 0.717) is 0 Å². The molecule has 0 aliphatic carbocycles. The topological polar surface area (TPSA) is 12.0 Å². The fraction of sp³-hybridized carbons (Fsp3) is 0.158. The van der Waals surface area contributed by atoms with Crippen molar-refractivity contribution in [1.82, 2.24) is 5.32 Å². The molecule has 0 heterocycles. The van der Waals surface area contributed by atoms with E-state index < -0.39 is 0 Å². The van der Waals surface area contributed by atoms with Gasteiger partial charge < -0.3 is 5.32 Å². The van der Waals surface area contributed by atoms with Crippen molar-refractivity contribution in [3.8, 4) is 0 Å². The molecule has 0 radical (unpaired) electrons. The minimum Gasteiger partial charge on any atom is -0.306 e. The second kappa shape index (κ2) is 6.06. The fourth-order valence-corrected chi connectivity index (χ4v) is 2.60. The van der Waals surface area contributed by atoms with Crippen LogP contribution < -0.4 is 5.32 Å². The summed E-state index contributed by atoms with van der Waals surface area (Å²) in [5.74, 6) is -0.189. The second-order valence-corrected chi connectivity index (χ2v) is 5.30. The van der Waals surface area contributed by atoms with Crippen LogP contribution in [0, 0.1) is 5.82 Å². The number of fused-ring (bicyclic) bond motifs is 1. The van der Waals surface area contributed by atoms with Crippen molar-refractivity contribution in [2.24, 2.45) is 0 Å². The van der Waals surface area contributed by atoms with Crippen LogP contribution in [0.15, 0.2) is 66.7 Å². The second-order valence-electron chi connectivity index (χ2n) is 5.30. The Balaban J connectivity index is 1.77. The highest BCUT2D eigenvalue weighted by atomic mass is 19.1. The van der Waals surface area contributed by atoms with Gasteiger partial charge in [0.2, 0.25) is 0 Å². The van der Waals surface area contributed by atoms with Crippen molar-refractivity contribution in [2.45, 2.75) is 19.5 Å². The normalized spacial score (nSPS) is 12.5. The molecule has 0 amide bonds. The van der Waals surface area contributed by atoms with Crippen LogP contribution in [0.2, 0.25) is 0 Å². The van der Waals surface area contributed by atoms with Gasteiger partial charge in [-0.2, -0.15) is 0 Å². The number of halogens is 1. The van der Waals surface area contributed by atoms with Gasteiger partial charge in [0.15, 0.2) is 0 Å². The molecule has 2 heteroatoms. The first-order valence-corrected chi connectivity index (χ1v) is 7.19. The van der Waals surface area contributed by atoms with Crippen LogP contribution in [-0.4, -0.2) is 0 Å². The van der Waals surface area contributed by atoms with Crippen LogP contribution in [0.4, 0.5) is 4.39 Å². The molecule has 0 unspecified atom stereocenters. The van der Waals surface area contributed by atoms with E-state index in [1.54, 1.807) is 12.1 Å². The smallest absolute Gasteiger partial charge is 0.123 e. The molecule has 0 aliphatic rings. The lowest BCUT2D eigenvalue weighted by Gasteiger charge is -2.15. The largest absolute Gasteiger partial charge is 0.306 e. The average molecular weight is 279 g/mol. The number of nitrogens with one attached hydrogen (secondary N) is 1. The van der Waals surface area contributed by atoms with Crippen molar-refractivity contribution in [2.75, 3.05) is 0 Å². The van der Waals surface area contributed by atoms with Gasteiger partial charge in [-0.15, -0.1) is 0 Å². The fourth-order valence-electron chi connectivity index (χ4n) is 2.60. The molecule has 0 bridgehead atoms. The SMILES string of the molecule is C[C@H](NCc1cccc2ccccc12)c1cccc(F)c1. The first kappa shape index (κ1) is 13.8. The Bertz CT molecular complexity index is 746. The van der Waals surface area contributed by atoms with Crippen LogP contribution in [0.25, 0.3) is 10.8 Å². The van der Waals surface area contributed by atoms with Crippen molar-refractivity contribution in [3.63, 3.8) is 0 Å². The standard InChI is InChI=1S/C19H18FN/c1-14(16-8-5-10-18(20)12-16)21-13-17-9-4-7-15-6-2-3-11-19(15)17/h2-12,14,21H,13H2,1H3/t14-/m0/s1. The Morgan fingerprint density at radius 1 is 0.952 bits per heavy atom. The van der Waals surface area contributed by atoms with Crippen LogP contribution in [-0.2, 0) is 6.54 Å². The summed E-state index contributed by atoms with van der Waals surface area (Å²) < 4.78 is 13.3. The third-order valence-electron chi connectivity index (χ3n) is 3.83. The molecule has 106 valence electrons. The molecule has 0 saturated heterocycles. The third kappa shape index (κ3) is 3.11. The molecule has 0 spiro atoms. The monoisotopic (exact) mass is 279 g/mol. The highest BCUT2D eigenvalue weighted by molar-refractivity contribution is 5.85. The van der Waals surface area contributed by atoms with Crippen LogP contribution in [0.3, 0.4) is 0 Å². The molecule has 3 aromatic carbocycles. The van der Waals surface area contributed by atoms with Gasteiger partial charge >= 0.3 is 0 Å². The first-order valence-electron chi connectivity index (χ1n) is 7.19. The lowest BCUT2D eigenvalue weighted by molar-refractivity contribution is 0.566. The van der Waals surface area contributed by atoms with E-state index in [2.05, 4.69) is 54.7 Å². The maximum atomic E-state index is 13.3. The van der Waals surface area contributed by atoms with Crippen molar-refractivity contribution >= 4 is 10.8 Å². The molecule has 21 heavy (non-hydrogen) atoms. The molecule has 1 N–H and O–H groups in total. The molecule has 3 rings (SSSR count). The molecule has 0 aromatic heterocycles. The molecule has 1 nitrogen and oxygen atoms in total. The molecule has 3 aromatic rings. The Hall–Kier alpha value is -2.19. The van der Waals surface area contributed by atoms with Gasteiger partial charge in [-0.3, -0.25) is 0 Å². The van der Waals surface area contributed by atoms with Gasteiger partial charge in [0.1, 0.15) is 5.82 Å². The van der Waals surface area contributed by atoms with Crippen molar-refractivity contribution < 1.29 is 4.39 Å². The molecule has 0 fully saturated rings. The number of rotatable bonds is 4. The summed E-state index contributed by atoms with van der Waals surface area (Å²) in [5, 5.41) is 5.98. The van der Waals surface area contributed by atoms with Gasteiger partial charge in [0.05, 0.1) is 0 Å². The summed E-state index contributed by atoms with van der Waals surface area (Å²) in [6.07, 6.45) is 0. The quantitative estimate of drug-likeness (QED) is 0.721. The summed E-state index contributed by atoms with van der Waals surface area (Å²) in [7, 11) is 0. The number of hydrogen-bond donors (Lipinski definition) is 1.